The van der Waals surface area contributed by atoms with Gasteiger partial charge >= 0.3 is 0 Å². The lowest BCUT2D eigenvalue weighted by molar-refractivity contribution is 1.18. The molecule has 0 aliphatic carbocycles. The van der Waals surface area contributed by atoms with Crippen LogP contribution >= 0.6 is 39.5 Å². The van der Waals surface area contributed by atoms with E-state index in [4.69, 9.17) is 18.0 Å². The monoisotopic (exact) mass is 340 g/mol. The molecule has 3 N–H and O–H groups in total. The molecule has 18 heavy (non-hydrogen) atoms. The molecule has 0 aliphatic heterocycles. The van der Waals surface area contributed by atoms with Gasteiger partial charge in [-0.25, -0.2) is 0 Å². The van der Waals surface area contributed by atoms with E-state index in [1.54, 1.807) is 11.3 Å². The van der Waals surface area contributed by atoms with Crippen LogP contribution in [0.2, 0.25) is 0 Å². The minimum atomic E-state index is 0.421. The van der Waals surface area contributed by atoms with Crippen molar-refractivity contribution in [2.45, 2.75) is 13.5 Å². The van der Waals surface area contributed by atoms with Gasteiger partial charge in [0.2, 0.25) is 0 Å². The van der Waals surface area contributed by atoms with E-state index in [0.717, 1.165) is 22.3 Å². The maximum Gasteiger partial charge on any atom is 0.106 e. The number of anilines is 1. The van der Waals surface area contributed by atoms with Crippen molar-refractivity contribution in [1.29, 1.82) is 0 Å². The smallest absolute Gasteiger partial charge is 0.106 e. The van der Waals surface area contributed by atoms with Crippen molar-refractivity contribution in [3.63, 3.8) is 0 Å². The zero-order chi connectivity index (χ0) is 13.1. The first-order valence-corrected chi connectivity index (χ1v) is 7.51. The Morgan fingerprint density at radius 3 is 2.83 bits per heavy atom. The zero-order valence-electron chi connectivity index (χ0n) is 9.87. The molecule has 2 rings (SSSR count). The molecule has 0 fully saturated rings. The number of aryl methyl sites for hydroxylation is 1. The first kappa shape index (κ1) is 13.5. The van der Waals surface area contributed by atoms with Crippen molar-refractivity contribution in [3.8, 4) is 0 Å². The summed E-state index contributed by atoms with van der Waals surface area (Å²) in [4.78, 5) is 1.68. The summed E-state index contributed by atoms with van der Waals surface area (Å²) in [5.41, 5.74) is 8.80. The van der Waals surface area contributed by atoms with Gasteiger partial charge in [0.15, 0.2) is 0 Å². The molecule has 0 bridgehead atoms. The lowest BCUT2D eigenvalue weighted by atomic mass is 10.1. The number of thiophene rings is 1. The Kier molecular flexibility index (Phi) is 4.37. The molecule has 0 unspecified atom stereocenters. The molecule has 1 aromatic carbocycles. The summed E-state index contributed by atoms with van der Waals surface area (Å²) in [6.45, 7) is 2.82. The summed E-state index contributed by atoms with van der Waals surface area (Å²) in [6, 6.07) is 8.15. The number of hydrogen-bond donors (Lipinski definition) is 2. The van der Waals surface area contributed by atoms with E-state index in [9.17, 15) is 0 Å². The highest BCUT2D eigenvalue weighted by Crippen LogP contribution is 2.23. The van der Waals surface area contributed by atoms with Gasteiger partial charge in [-0.3, -0.25) is 0 Å². The van der Waals surface area contributed by atoms with E-state index >= 15 is 0 Å². The van der Waals surface area contributed by atoms with E-state index in [0.29, 0.717) is 4.99 Å². The molecule has 1 heterocycles. The SMILES string of the molecule is Cc1ccc(C(N)=S)c(NCc2cc(Br)cs2)c1. The number of thiocarbonyl (C=S) groups is 1. The molecule has 0 aliphatic rings. The van der Waals surface area contributed by atoms with Crippen LogP contribution in [-0.2, 0) is 6.54 Å². The summed E-state index contributed by atoms with van der Waals surface area (Å²) in [6.07, 6.45) is 0. The summed E-state index contributed by atoms with van der Waals surface area (Å²) in [5.74, 6) is 0. The van der Waals surface area contributed by atoms with Gasteiger partial charge in [-0.1, -0.05) is 18.3 Å². The molecule has 2 nitrogen and oxygen atoms in total. The van der Waals surface area contributed by atoms with Crippen molar-refractivity contribution in [2.24, 2.45) is 5.73 Å². The van der Waals surface area contributed by atoms with Gasteiger partial charge in [-0.15, -0.1) is 11.3 Å². The fourth-order valence-corrected chi connectivity index (χ4v) is 3.22. The third-order valence-electron chi connectivity index (χ3n) is 2.52. The average Bonchev–Trinajstić information content (AvgIpc) is 2.72. The second-order valence-electron chi connectivity index (χ2n) is 4.00. The maximum atomic E-state index is 5.72. The van der Waals surface area contributed by atoms with E-state index in [-0.39, 0.29) is 0 Å². The molecule has 0 spiro atoms. The predicted molar refractivity (Wildman–Crippen MR) is 86.4 cm³/mol. The lowest BCUT2D eigenvalue weighted by Gasteiger charge is -2.11. The van der Waals surface area contributed by atoms with Gasteiger partial charge in [0, 0.05) is 32.5 Å². The summed E-state index contributed by atoms with van der Waals surface area (Å²) in [5, 5.41) is 5.46. The standard InChI is InChI=1S/C13H13BrN2S2/c1-8-2-3-11(13(15)17)12(4-8)16-6-10-5-9(14)7-18-10/h2-5,7,16H,6H2,1H3,(H2,15,17). The van der Waals surface area contributed by atoms with Crippen LogP contribution in [0, 0.1) is 6.92 Å². The fourth-order valence-electron chi connectivity index (χ4n) is 1.65. The Morgan fingerprint density at radius 2 is 2.22 bits per heavy atom. The molecule has 0 saturated carbocycles. The van der Waals surface area contributed by atoms with Gasteiger partial charge < -0.3 is 11.1 Å². The quantitative estimate of drug-likeness (QED) is 0.824. The number of hydrogen-bond acceptors (Lipinski definition) is 3. The maximum absolute atomic E-state index is 5.72. The van der Waals surface area contributed by atoms with Crippen LogP contribution in [-0.4, -0.2) is 4.99 Å². The van der Waals surface area contributed by atoms with Crippen molar-refractivity contribution >= 4 is 50.2 Å². The summed E-state index contributed by atoms with van der Waals surface area (Å²) in [7, 11) is 0. The highest BCUT2D eigenvalue weighted by Gasteiger charge is 2.06. The van der Waals surface area contributed by atoms with E-state index in [1.165, 1.54) is 10.4 Å². The molecule has 0 atom stereocenters. The third kappa shape index (κ3) is 3.31. The van der Waals surface area contributed by atoms with Crippen molar-refractivity contribution in [1.82, 2.24) is 0 Å². The molecular formula is C13H13BrN2S2. The van der Waals surface area contributed by atoms with Crippen LogP contribution in [0.15, 0.2) is 34.1 Å². The highest BCUT2D eigenvalue weighted by molar-refractivity contribution is 9.10. The minimum absolute atomic E-state index is 0.421. The van der Waals surface area contributed by atoms with Gasteiger partial charge in [0.05, 0.1) is 0 Å². The Labute approximate surface area is 124 Å². The Balaban J connectivity index is 2.17. The Bertz CT molecular complexity index is 578. The van der Waals surface area contributed by atoms with Crippen molar-refractivity contribution < 1.29 is 0 Å². The van der Waals surface area contributed by atoms with Gasteiger partial charge in [-0.05, 0) is 46.6 Å². The minimum Gasteiger partial charge on any atom is -0.389 e. The molecule has 2 aromatic rings. The Morgan fingerprint density at radius 1 is 1.44 bits per heavy atom. The molecule has 1 aromatic heterocycles. The largest absolute Gasteiger partial charge is 0.389 e. The molecular weight excluding hydrogens is 328 g/mol. The van der Waals surface area contributed by atoms with Crippen LogP contribution in [0.3, 0.4) is 0 Å². The molecule has 0 radical (unpaired) electrons. The fraction of sp³-hybridized carbons (Fsp3) is 0.154. The molecule has 0 saturated heterocycles. The predicted octanol–water partition coefficient (Wildman–Crippen LogP) is 4.07. The number of halogens is 1. The first-order valence-electron chi connectivity index (χ1n) is 5.43. The second kappa shape index (κ2) is 5.82. The van der Waals surface area contributed by atoms with Crippen LogP contribution in [0.25, 0.3) is 0 Å². The van der Waals surface area contributed by atoms with Crippen LogP contribution in [0.4, 0.5) is 5.69 Å². The molecule has 5 heteroatoms. The zero-order valence-corrected chi connectivity index (χ0v) is 13.1. The normalized spacial score (nSPS) is 10.3. The summed E-state index contributed by atoms with van der Waals surface area (Å²) < 4.78 is 1.11. The van der Waals surface area contributed by atoms with Crippen LogP contribution in [0.1, 0.15) is 16.0 Å². The van der Waals surface area contributed by atoms with Gasteiger partial charge in [0.1, 0.15) is 4.99 Å². The number of nitrogens with one attached hydrogen (secondary N) is 1. The van der Waals surface area contributed by atoms with Crippen molar-refractivity contribution in [3.05, 3.63) is 50.1 Å². The average molecular weight is 341 g/mol. The van der Waals surface area contributed by atoms with Crippen molar-refractivity contribution in [2.75, 3.05) is 5.32 Å². The number of rotatable bonds is 4. The highest BCUT2D eigenvalue weighted by atomic mass is 79.9. The summed E-state index contributed by atoms with van der Waals surface area (Å²) >= 11 is 10.2. The van der Waals surface area contributed by atoms with E-state index in [1.807, 2.05) is 12.1 Å². The topological polar surface area (TPSA) is 38.0 Å². The Hall–Kier alpha value is -0.910. The number of benzene rings is 1. The van der Waals surface area contributed by atoms with Crippen LogP contribution < -0.4 is 11.1 Å². The third-order valence-corrected chi connectivity index (χ3v) is 4.43. The van der Waals surface area contributed by atoms with Crippen LogP contribution in [0.5, 0.6) is 0 Å². The van der Waals surface area contributed by atoms with E-state index < -0.39 is 0 Å². The second-order valence-corrected chi connectivity index (χ2v) is 6.35. The van der Waals surface area contributed by atoms with E-state index in [2.05, 4.69) is 45.7 Å². The first-order chi connectivity index (χ1) is 8.56. The van der Waals surface area contributed by atoms with Gasteiger partial charge in [0.25, 0.3) is 0 Å². The molecule has 94 valence electrons. The molecule has 0 amide bonds. The lowest BCUT2D eigenvalue weighted by Crippen LogP contribution is -2.13. The number of nitrogens with two attached hydrogens (primary N) is 1. The van der Waals surface area contributed by atoms with Gasteiger partial charge in [-0.2, -0.15) is 0 Å².